The van der Waals surface area contributed by atoms with Crippen molar-refractivity contribution in [3.63, 3.8) is 0 Å². The molecule has 6 rings (SSSR count). The Morgan fingerprint density at radius 2 is 1.33 bits per heavy atom. The summed E-state index contributed by atoms with van der Waals surface area (Å²) in [7, 11) is -1.34. The molecule has 0 unspecified atom stereocenters. The third-order valence-electron chi connectivity index (χ3n) is 6.86. The average Bonchev–Trinajstić information content (AvgIpc) is 3.42. The molecule has 0 aliphatic carbocycles. The van der Waals surface area contributed by atoms with E-state index in [1.807, 2.05) is 42.6 Å². The van der Waals surface area contributed by atoms with Crippen molar-refractivity contribution in [1.29, 1.82) is 0 Å². The van der Waals surface area contributed by atoms with E-state index in [-0.39, 0.29) is 20.1 Å². The molecule has 2 nitrogen and oxygen atoms in total. The van der Waals surface area contributed by atoms with Crippen molar-refractivity contribution >= 4 is 37.4 Å². The second kappa shape index (κ2) is 14.5. The summed E-state index contributed by atoms with van der Waals surface area (Å²) < 4.78 is 2.79. The molecule has 0 saturated carbocycles. The van der Waals surface area contributed by atoms with E-state index >= 15 is 0 Å². The fourth-order valence-electron chi connectivity index (χ4n) is 4.87. The van der Waals surface area contributed by atoms with Crippen LogP contribution in [0.25, 0.3) is 42.2 Å². The number of nitrogens with zero attached hydrogens (tertiary/aromatic N) is 2. The molecule has 0 saturated heterocycles. The molecule has 0 amide bonds. The minimum absolute atomic E-state index is 0. The number of rotatable bonds is 6. The van der Waals surface area contributed by atoms with Crippen LogP contribution in [0.5, 0.6) is 0 Å². The molecule has 3 aromatic heterocycles. The Labute approximate surface area is 271 Å². The summed E-state index contributed by atoms with van der Waals surface area (Å²) in [4.78, 5) is 9.29. The number of pyridine rings is 2. The van der Waals surface area contributed by atoms with Gasteiger partial charge in [0.25, 0.3) is 0 Å². The molecule has 215 valence electrons. The van der Waals surface area contributed by atoms with Crippen LogP contribution < -0.4 is 5.19 Å². The SMILES string of the molecule is CC(C)Cc1cc(-c2[c-]cccc2)ncc1[Si](C)(C)C.[Ir].[c-]1ccccc1-c1cc2cc(-c3ccccc3)[se]c2cn1. The van der Waals surface area contributed by atoms with Crippen LogP contribution in [0.2, 0.25) is 19.6 Å². The van der Waals surface area contributed by atoms with Gasteiger partial charge in [0.2, 0.25) is 0 Å². The van der Waals surface area contributed by atoms with E-state index in [0.717, 1.165) is 28.9 Å². The first-order valence-corrected chi connectivity index (χ1v) is 19.4. The van der Waals surface area contributed by atoms with E-state index < -0.39 is 8.07 Å². The summed E-state index contributed by atoms with van der Waals surface area (Å²) in [6.07, 6.45) is 5.26. The van der Waals surface area contributed by atoms with E-state index in [2.05, 4.69) is 122 Å². The molecule has 0 fully saturated rings. The van der Waals surface area contributed by atoms with E-state index in [1.54, 1.807) is 0 Å². The fraction of sp³-hybridized carbons (Fsp3) is 0.189. The Bertz CT molecular complexity index is 1670. The minimum atomic E-state index is -1.34. The van der Waals surface area contributed by atoms with E-state index in [4.69, 9.17) is 0 Å². The number of benzene rings is 3. The molecular formula is C37H36IrN2SeSi-2. The van der Waals surface area contributed by atoms with Gasteiger partial charge in [-0.1, -0.05) is 45.1 Å². The van der Waals surface area contributed by atoms with Gasteiger partial charge in [0.15, 0.2) is 0 Å². The zero-order valence-electron chi connectivity index (χ0n) is 24.8. The first-order valence-electron chi connectivity index (χ1n) is 14.2. The molecular weight excluding hydrogens is 772 g/mol. The Hall–Kier alpha value is -2.91. The van der Waals surface area contributed by atoms with Gasteiger partial charge < -0.3 is 4.98 Å². The molecule has 5 heteroatoms. The van der Waals surface area contributed by atoms with Crippen molar-refractivity contribution in [2.24, 2.45) is 5.92 Å². The van der Waals surface area contributed by atoms with Crippen molar-refractivity contribution in [1.82, 2.24) is 9.97 Å². The standard InChI is InChI=1S/C19H12NSe.C18H24NSi.Ir/c1-3-7-14(8-4-1)17-11-16-12-18(21-19(16)13-20-17)15-9-5-2-6-10-15;1-14(2)11-16-12-17(15-9-7-6-8-10-15)19-13-18(16)20(3,4)5;/h1-7,9-13H;6-9,12-14H,11H2,1-5H3;/q2*-1;. The Balaban J connectivity index is 0.000000189. The number of hydrogen-bond acceptors (Lipinski definition) is 2. The summed E-state index contributed by atoms with van der Waals surface area (Å²) in [5, 5.41) is 2.79. The normalized spacial score (nSPS) is 11.1. The van der Waals surface area contributed by atoms with Crippen LogP contribution in [0.3, 0.4) is 0 Å². The molecule has 0 atom stereocenters. The predicted octanol–water partition coefficient (Wildman–Crippen LogP) is 8.72. The van der Waals surface area contributed by atoms with Crippen molar-refractivity contribution in [2.75, 3.05) is 0 Å². The maximum atomic E-state index is 4.69. The average molecular weight is 808 g/mol. The van der Waals surface area contributed by atoms with Gasteiger partial charge in [-0.3, -0.25) is 0 Å². The van der Waals surface area contributed by atoms with Gasteiger partial charge in [-0.25, -0.2) is 0 Å². The summed E-state index contributed by atoms with van der Waals surface area (Å²) in [5.41, 5.74) is 6.97. The van der Waals surface area contributed by atoms with E-state index in [1.165, 1.54) is 30.4 Å². The topological polar surface area (TPSA) is 25.8 Å². The van der Waals surface area contributed by atoms with Crippen LogP contribution in [0.1, 0.15) is 19.4 Å². The van der Waals surface area contributed by atoms with Gasteiger partial charge in [-0.2, -0.15) is 0 Å². The van der Waals surface area contributed by atoms with Crippen LogP contribution in [-0.2, 0) is 26.5 Å². The molecule has 1 radical (unpaired) electrons. The molecule has 3 heterocycles. The molecule has 0 bridgehead atoms. The second-order valence-electron chi connectivity index (χ2n) is 11.7. The van der Waals surface area contributed by atoms with Gasteiger partial charge in [0.05, 0.1) is 8.07 Å². The van der Waals surface area contributed by atoms with Crippen molar-refractivity contribution < 1.29 is 20.1 Å². The predicted molar refractivity (Wildman–Crippen MR) is 178 cm³/mol. The van der Waals surface area contributed by atoms with Crippen LogP contribution in [0, 0.1) is 18.1 Å². The molecule has 0 N–H and O–H groups in total. The van der Waals surface area contributed by atoms with E-state index in [9.17, 15) is 0 Å². The van der Waals surface area contributed by atoms with Gasteiger partial charge in [0, 0.05) is 26.3 Å². The van der Waals surface area contributed by atoms with Crippen LogP contribution in [0.15, 0.2) is 109 Å². The molecule has 3 aromatic carbocycles. The van der Waals surface area contributed by atoms with Gasteiger partial charge in [-0.15, -0.1) is 35.9 Å². The number of fused-ring (bicyclic) bond motifs is 1. The van der Waals surface area contributed by atoms with Gasteiger partial charge in [-0.05, 0) is 23.2 Å². The van der Waals surface area contributed by atoms with Crippen molar-refractivity contribution in [3.05, 3.63) is 127 Å². The fourth-order valence-corrected chi connectivity index (χ4v) is 8.60. The van der Waals surface area contributed by atoms with Gasteiger partial charge in [0.1, 0.15) is 0 Å². The molecule has 0 aliphatic heterocycles. The van der Waals surface area contributed by atoms with Crippen molar-refractivity contribution in [3.8, 4) is 32.5 Å². The Kier molecular flexibility index (Phi) is 11.1. The van der Waals surface area contributed by atoms with Gasteiger partial charge >= 0.3 is 129 Å². The maximum absolute atomic E-state index is 4.69. The van der Waals surface area contributed by atoms with Crippen LogP contribution in [-0.4, -0.2) is 32.5 Å². The van der Waals surface area contributed by atoms with E-state index in [0.29, 0.717) is 20.4 Å². The second-order valence-corrected chi connectivity index (χ2v) is 19.0. The monoisotopic (exact) mass is 809 g/mol. The third-order valence-corrected chi connectivity index (χ3v) is 11.3. The van der Waals surface area contributed by atoms with Crippen molar-refractivity contribution in [2.45, 2.75) is 39.9 Å². The first kappa shape index (κ1) is 32.0. The third kappa shape index (κ3) is 8.13. The number of hydrogen-bond donors (Lipinski definition) is 0. The summed E-state index contributed by atoms with van der Waals surface area (Å²) in [6.45, 7) is 11.7. The molecule has 42 heavy (non-hydrogen) atoms. The molecule has 0 spiro atoms. The Morgan fingerprint density at radius 1 is 0.738 bits per heavy atom. The quantitative estimate of drug-likeness (QED) is 0.124. The molecule has 0 aliphatic rings. The molecule has 6 aromatic rings. The summed E-state index contributed by atoms with van der Waals surface area (Å²) in [5.74, 6) is 0.667. The summed E-state index contributed by atoms with van der Waals surface area (Å²) in [6, 6.07) is 39.9. The zero-order chi connectivity index (χ0) is 28.8. The van der Waals surface area contributed by atoms with Crippen LogP contribution >= 0.6 is 0 Å². The first-order chi connectivity index (χ1) is 19.8. The zero-order valence-corrected chi connectivity index (χ0v) is 29.9. The summed E-state index contributed by atoms with van der Waals surface area (Å²) >= 11 is 0.350. The number of aromatic nitrogens is 2. The van der Waals surface area contributed by atoms with Crippen LogP contribution in [0.4, 0.5) is 0 Å². The Morgan fingerprint density at radius 3 is 1.90 bits per heavy atom.